The highest BCUT2D eigenvalue weighted by Gasteiger charge is 2.32. The summed E-state index contributed by atoms with van der Waals surface area (Å²) < 4.78 is 0. The minimum atomic E-state index is -0.245. The number of carbonyl (C=O) groups is 6. The van der Waals surface area contributed by atoms with Crippen molar-refractivity contribution in [1.82, 2.24) is 9.97 Å². The molecule has 0 fully saturated rings. The summed E-state index contributed by atoms with van der Waals surface area (Å²) in [6.45, 7) is 0. The molecule has 2 aliphatic carbocycles. The molecule has 7 rings (SSSR count). The lowest BCUT2D eigenvalue weighted by molar-refractivity contribution is -0.122. The first-order chi connectivity index (χ1) is 20.3. The van der Waals surface area contributed by atoms with Crippen molar-refractivity contribution in [1.29, 1.82) is 0 Å². The van der Waals surface area contributed by atoms with Crippen LogP contribution in [0.15, 0.2) is 85.2 Å². The number of benzene rings is 4. The van der Waals surface area contributed by atoms with Crippen LogP contribution < -0.4 is 11.5 Å². The van der Waals surface area contributed by atoms with E-state index in [-0.39, 0.29) is 47.0 Å². The molecule has 10 heteroatoms. The van der Waals surface area contributed by atoms with E-state index in [2.05, 4.69) is 9.97 Å². The van der Waals surface area contributed by atoms with Crippen molar-refractivity contribution in [3.8, 4) is 0 Å². The standard InChI is InChI=1S/C16H8N2O2.C14H10N2O2.C2H2O2/c19-15-9-3-1-2-4-10(9)16(20)13-11(15)5-6-12-14(13)18-8-7-17-12;15-10-6-5-9-11(12(10)16)14(18)8-4-2-1-3-7(8)13(9)17;3-1-2-4/h1-8H;1-6H,15-16H2;1-2H. The van der Waals surface area contributed by atoms with Gasteiger partial charge < -0.3 is 11.5 Å². The first kappa shape index (κ1) is 27.4. The maximum Gasteiger partial charge on any atom is 0.196 e. The van der Waals surface area contributed by atoms with E-state index in [1.54, 1.807) is 79.0 Å². The minimum Gasteiger partial charge on any atom is -0.397 e. The maximum atomic E-state index is 12.6. The molecule has 0 unspecified atom stereocenters. The smallest absolute Gasteiger partial charge is 0.196 e. The molecule has 4 aromatic carbocycles. The molecule has 0 bridgehead atoms. The topological polar surface area (TPSA) is 180 Å². The molecule has 10 nitrogen and oxygen atoms in total. The average Bonchev–Trinajstić information content (AvgIpc) is 3.03. The van der Waals surface area contributed by atoms with E-state index >= 15 is 0 Å². The Morgan fingerprint density at radius 2 is 0.952 bits per heavy atom. The summed E-state index contributed by atoms with van der Waals surface area (Å²) in [5.41, 5.74) is 16.1. The van der Waals surface area contributed by atoms with Crippen LogP contribution in [0, 0.1) is 0 Å². The second kappa shape index (κ2) is 11.1. The quantitative estimate of drug-likeness (QED) is 0.173. The molecule has 42 heavy (non-hydrogen) atoms. The Labute approximate surface area is 238 Å². The molecule has 204 valence electrons. The van der Waals surface area contributed by atoms with Gasteiger partial charge in [-0.15, -0.1) is 0 Å². The van der Waals surface area contributed by atoms with Crippen molar-refractivity contribution in [3.63, 3.8) is 0 Å². The average molecular weight is 557 g/mol. The summed E-state index contributed by atoms with van der Waals surface area (Å²) in [5.74, 6) is -0.735. The van der Waals surface area contributed by atoms with Gasteiger partial charge in [-0.05, 0) is 24.3 Å². The number of aldehydes is 2. The largest absolute Gasteiger partial charge is 0.397 e. The van der Waals surface area contributed by atoms with Gasteiger partial charge in [0.15, 0.2) is 35.7 Å². The molecular weight excluding hydrogens is 536 g/mol. The van der Waals surface area contributed by atoms with Crippen molar-refractivity contribution in [2.45, 2.75) is 0 Å². The summed E-state index contributed by atoms with van der Waals surface area (Å²) >= 11 is 0. The number of nitrogen functional groups attached to an aromatic ring is 2. The number of ketones is 4. The highest BCUT2D eigenvalue weighted by Crippen LogP contribution is 2.33. The molecule has 0 amide bonds. The Kier molecular flexibility index (Phi) is 7.27. The van der Waals surface area contributed by atoms with Gasteiger partial charge in [-0.25, -0.2) is 0 Å². The molecule has 1 aromatic heterocycles. The van der Waals surface area contributed by atoms with Crippen LogP contribution >= 0.6 is 0 Å². The lowest BCUT2D eigenvalue weighted by Gasteiger charge is -2.19. The van der Waals surface area contributed by atoms with E-state index in [1.807, 2.05) is 0 Å². The Bertz CT molecular complexity index is 1980. The third-order valence-electron chi connectivity index (χ3n) is 6.75. The molecule has 0 saturated heterocycles. The summed E-state index contributed by atoms with van der Waals surface area (Å²) in [7, 11) is 0. The fourth-order valence-corrected chi connectivity index (χ4v) is 4.84. The third kappa shape index (κ3) is 4.52. The summed E-state index contributed by atoms with van der Waals surface area (Å²) in [6, 6.07) is 20.1. The predicted molar refractivity (Wildman–Crippen MR) is 154 cm³/mol. The first-order valence-corrected chi connectivity index (χ1v) is 12.5. The molecule has 0 radical (unpaired) electrons. The fraction of sp³-hybridized carbons (Fsp3) is 0. The van der Waals surface area contributed by atoms with E-state index < -0.39 is 0 Å². The Hall–Kier alpha value is -6.16. The van der Waals surface area contributed by atoms with Crippen molar-refractivity contribution < 1.29 is 28.8 Å². The predicted octanol–water partition coefficient (Wildman–Crippen LogP) is 3.42. The number of hydrogen-bond donors (Lipinski definition) is 2. The van der Waals surface area contributed by atoms with E-state index in [0.29, 0.717) is 55.7 Å². The number of aromatic nitrogens is 2. The lowest BCUT2D eigenvalue weighted by atomic mass is 9.83. The number of carbonyl (C=O) groups excluding carboxylic acids is 6. The van der Waals surface area contributed by atoms with Crippen molar-refractivity contribution in [3.05, 3.63) is 130 Å². The minimum absolute atomic E-state index is 0.136. The van der Waals surface area contributed by atoms with Gasteiger partial charge in [0.2, 0.25) is 0 Å². The van der Waals surface area contributed by atoms with Crippen LogP contribution in [-0.2, 0) is 9.59 Å². The highest BCUT2D eigenvalue weighted by molar-refractivity contribution is 6.32. The van der Waals surface area contributed by atoms with Crippen LogP contribution in [0.3, 0.4) is 0 Å². The van der Waals surface area contributed by atoms with Crippen molar-refractivity contribution in [2.24, 2.45) is 0 Å². The number of fused-ring (bicyclic) bond motifs is 6. The second-order valence-electron chi connectivity index (χ2n) is 9.08. The normalized spacial score (nSPS) is 12.4. The summed E-state index contributed by atoms with van der Waals surface area (Å²) in [4.78, 5) is 75.8. The van der Waals surface area contributed by atoms with Crippen LogP contribution in [0.5, 0.6) is 0 Å². The van der Waals surface area contributed by atoms with E-state index in [0.717, 1.165) is 0 Å². The van der Waals surface area contributed by atoms with Gasteiger partial charge in [0.05, 0.1) is 28.0 Å². The fourth-order valence-electron chi connectivity index (χ4n) is 4.84. The Balaban J connectivity index is 0.000000150. The zero-order chi connectivity index (χ0) is 30.0. The van der Waals surface area contributed by atoms with Gasteiger partial charge in [0.1, 0.15) is 5.52 Å². The Morgan fingerprint density at radius 1 is 0.500 bits per heavy atom. The summed E-state index contributed by atoms with van der Waals surface area (Å²) in [6.07, 6.45) is 3.48. The monoisotopic (exact) mass is 556 g/mol. The van der Waals surface area contributed by atoms with E-state index in [9.17, 15) is 19.2 Å². The van der Waals surface area contributed by atoms with Crippen LogP contribution in [0.25, 0.3) is 11.0 Å². The molecule has 0 saturated carbocycles. The molecule has 2 aliphatic rings. The molecule has 0 spiro atoms. The molecule has 5 aromatic rings. The van der Waals surface area contributed by atoms with Gasteiger partial charge in [0, 0.05) is 45.8 Å². The van der Waals surface area contributed by atoms with Crippen LogP contribution in [0.1, 0.15) is 63.7 Å². The third-order valence-corrected chi connectivity index (χ3v) is 6.75. The van der Waals surface area contributed by atoms with E-state index in [1.165, 1.54) is 6.20 Å². The van der Waals surface area contributed by atoms with Gasteiger partial charge in [-0.2, -0.15) is 0 Å². The number of rotatable bonds is 1. The van der Waals surface area contributed by atoms with Crippen molar-refractivity contribution in [2.75, 3.05) is 11.5 Å². The lowest BCUT2D eigenvalue weighted by Crippen LogP contribution is -2.22. The number of hydrogen-bond acceptors (Lipinski definition) is 10. The molecule has 0 atom stereocenters. The van der Waals surface area contributed by atoms with Gasteiger partial charge >= 0.3 is 0 Å². The van der Waals surface area contributed by atoms with Crippen LogP contribution in [0.4, 0.5) is 11.4 Å². The zero-order valence-electron chi connectivity index (χ0n) is 21.7. The first-order valence-electron chi connectivity index (χ1n) is 12.5. The van der Waals surface area contributed by atoms with Crippen LogP contribution in [-0.4, -0.2) is 45.7 Å². The Morgan fingerprint density at radius 3 is 1.50 bits per heavy atom. The number of nitrogens with zero attached hydrogens (tertiary/aromatic N) is 2. The molecular formula is C32H20N4O6. The SMILES string of the molecule is Nc1ccc2c(c1N)C(=O)c1ccccc1C2=O.O=C1c2ccccc2C(=O)c2c1ccc1nccnc21.O=CC=O. The highest BCUT2D eigenvalue weighted by atomic mass is 16.2. The number of nitrogens with two attached hydrogens (primary N) is 2. The summed E-state index contributed by atoms with van der Waals surface area (Å²) in [5, 5.41) is 0. The van der Waals surface area contributed by atoms with Gasteiger partial charge in [-0.1, -0.05) is 48.5 Å². The number of anilines is 2. The molecule has 4 N–H and O–H groups in total. The molecule has 0 aliphatic heterocycles. The zero-order valence-corrected chi connectivity index (χ0v) is 21.7. The van der Waals surface area contributed by atoms with E-state index in [4.69, 9.17) is 21.1 Å². The second-order valence-corrected chi connectivity index (χ2v) is 9.08. The van der Waals surface area contributed by atoms with Crippen LogP contribution in [0.2, 0.25) is 0 Å². The molecule has 1 heterocycles. The maximum absolute atomic E-state index is 12.6. The van der Waals surface area contributed by atoms with Crippen molar-refractivity contribution >= 4 is 58.1 Å². The van der Waals surface area contributed by atoms with Gasteiger partial charge in [0.25, 0.3) is 0 Å². The van der Waals surface area contributed by atoms with Gasteiger partial charge in [-0.3, -0.25) is 38.7 Å².